The molecular weight excluding hydrogens is 581 g/mol. The van der Waals surface area contributed by atoms with Crippen LogP contribution in [0.5, 0.6) is 0 Å². The maximum Gasteiger partial charge on any atom is 0.178 e. The van der Waals surface area contributed by atoms with Crippen molar-refractivity contribution < 1.29 is 17.6 Å². The fourth-order valence-corrected chi connectivity index (χ4v) is 11.2. The summed E-state index contributed by atoms with van der Waals surface area (Å²) in [5.41, 5.74) is 0. The largest absolute Gasteiger partial charge is 0.203 e. The van der Waals surface area contributed by atoms with Crippen molar-refractivity contribution in [1.82, 2.24) is 0 Å². The second-order valence-corrected chi connectivity index (χ2v) is 14.3. The van der Waals surface area contributed by atoms with Gasteiger partial charge in [-0.05, 0) is 47.2 Å². The van der Waals surface area contributed by atoms with Gasteiger partial charge in [-0.3, -0.25) is 0 Å². The van der Waals surface area contributed by atoms with Crippen LogP contribution in [0.3, 0.4) is 0 Å². The van der Waals surface area contributed by atoms with Crippen LogP contribution in [0, 0.1) is 23.3 Å². The summed E-state index contributed by atoms with van der Waals surface area (Å²) in [7, 11) is 0. The van der Waals surface area contributed by atoms with Crippen molar-refractivity contribution in [3.8, 4) is 19.5 Å². The molecule has 0 saturated carbocycles. The van der Waals surface area contributed by atoms with Gasteiger partial charge in [-0.2, -0.15) is 0 Å². The number of hydrogen-bond acceptors (Lipinski definition) is 6. The first-order chi connectivity index (χ1) is 17.4. The van der Waals surface area contributed by atoms with Crippen molar-refractivity contribution in [1.29, 1.82) is 0 Å². The van der Waals surface area contributed by atoms with Gasteiger partial charge in [-0.25, -0.2) is 17.6 Å². The highest BCUT2D eigenvalue weighted by Gasteiger charge is 2.20. The van der Waals surface area contributed by atoms with Gasteiger partial charge in [0.25, 0.3) is 0 Å². The topological polar surface area (TPSA) is 0 Å². The summed E-state index contributed by atoms with van der Waals surface area (Å²) in [5.74, 6) is -3.18. The Morgan fingerprint density at radius 2 is 0.917 bits per heavy atom. The molecule has 176 valence electrons. The van der Waals surface area contributed by atoms with Gasteiger partial charge in [-0.15, -0.1) is 68.0 Å². The molecule has 0 unspecified atom stereocenters. The Hall–Kier alpha value is -2.34. The Kier molecular flexibility index (Phi) is 4.58. The second kappa shape index (κ2) is 7.59. The van der Waals surface area contributed by atoms with Crippen molar-refractivity contribution in [2.75, 3.05) is 0 Å². The fraction of sp³-hybridized carbons (Fsp3) is 0. The molecular formula is C26H8F4S6. The standard InChI is InChI=1S/C26H8F4S6/c27-13-7-31-25(21(13)29)19-3-9-1-17-11(5-15(9)33-19)23-24(35-17)12-6-16-10(2-18(12)36-23)4-20(34-16)26-22(30)14(28)8-32-26/h1-8H. The van der Waals surface area contributed by atoms with Crippen LogP contribution in [0.2, 0.25) is 0 Å². The van der Waals surface area contributed by atoms with E-state index in [1.807, 2.05) is 12.1 Å². The van der Waals surface area contributed by atoms with Crippen molar-refractivity contribution in [2.45, 2.75) is 0 Å². The Balaban J connectivity index is 1.30. The van der Waals surface area contributed by atoms with E-state index in [-0.39, 0.29) is 0 Å². The first-order valence-electron chi connectivity index (χ1n) is 10.6. The molecule has 0 aliphatic rings. The van der Waals surface area contributed by atoms with Gasteiger partial charge in [0.2, 0.25) is 0 Å². The molecule has 0 atom stereocenters. The van der Waals surface area contributed by atoms with Gasteiger partial charge < -0.3 is 0 Å². The third-order valence-electron chi connectivity index (χ3n) is 6.18. The normalized spacial score (nSPS) is 12.4. The molecule has 8 aromatic rings. The number of rotatable bonds is 2. The monoisotopic (exact) mass is 588 g/mol. The SMILES string of the molecule is Fc1csc(-c2cc3cc4sc5c6cc7sc(-c8scc(F)c8F)cc7cc6sc5c4cc3s2)c1F. The number of hydrogen-bond donors (Lipinski definition) is 0. The van der Waals surface area contributed by atoms with Crippen LogP contribution in [0.1, 0.15) is 0 Å². The summed E-state index contributed by atoms with van der Waals surface area (Å²) in [4.78, 5) is 2.15. The molecule has 0 fully saturated rings. The van der Waals surface area contributed by atoms with Gasteiger partial charge in [0.15, 0.2) is 23.3 Å². The molecule has 2 aromatic carbocycles. The molecule has 0 nitrogen and oxygen atoms in total. The highest BCUT2D eigenvalue weighted by Crippen LogP contribution is 2.49. The highest BCUT2D eigenvalue weighted by atomic mass is 32.1. The van der Waals surface area contributed by atoms with E-state index in [1.54, 1.807) is 22.7 Å². The quantitative estimate of drug-likeness (QED) is 0.176. The molecule has 6 aromatic heterocycles. The van der Waals surface area contributed by atoms with Gasteiger partial charge in [-0.1, -0.05) is 0 Å². The van der Waals surface area contributed by atoms with Crippen LogP contribution >= 0.6 is 68.0 Å². The number of thiophene rings is 6. The molecule has 0 amide bonds. The first-order valence-corrected chi connectivity index (χ1v) is 15.6. The zero-order chi connectivity index (χ0) is 24.3. The Morgan fingerprint density at radius 1 is 0.472 bits per heavy atom. The van der Waals surface area contributed by atoms with Crippen LogP contribution in [0.15, 0.2) is 47.2 Å². The molecule has 0 aliphatic carbocycles. The second-order valence-electron chi connectivity index (χ2n) is 8.31. The smallest absolute Gasteiger partial charge is 0.178 e. The molecule has 0 aliphatic heterocycles. The summed E-state index contributed by atoms with van der Waals surface area (Å²) in [6, 6.07) is 12.4. The number of benzene rings is 2. The predicted octanol–water partition coefficient (Wildman–Crippen LogP) is 11.7. The maximum absolute atomic E-state index is 14.2. The molecule has 0 bridgehead atoms. The average molecular weight is 589 g/mol. The Morgan fingerprint density at radius 3 is 1.31 bits per heavy atom. The van der Waals surface area contributed by atoms with Gasteiger partial charge in [0.1, 0.15) is 0 Å². The summed E-state index contributed by atoms with van der Waals surface area (Å²) in [5, 5.41) is 6.77. The molecule has 0 N–H and O–H groups in total. The van der Waals surface area contributed by atoms with E-state index in [4.69, 9.17) is 0 Å². The van der Waals surface area contributed by atoms with Crippen LogP contribution in [0.25, 0.3) is 69.3 Å². The minimum Gasteiger partial charge on any atom is -0.203 e. The van der Waals surface area contributed by atoms with Gasteiger partial charge in [0, 0.05) is 50.1 Å². The Labute approximate surface area is 223 Å². The van der Waals surface area contributed by atoms with E-state index in [2.05, 4.69) is 24.3 Å². The lowest BCUT2D eigenvalue weighted by Crippen LogP contribution is -1.75. The third kappa shape index (κ3) is 3.00. The highest BCUT2D eigenvalue weighted by molar-refractivity contribution is 7.37. The van der Waals surface area contributed by atoms with E-state index in [9.17, 15) is 17.6 Å². The fourth-order valence-electron chi connectivity index (χ4n) is 4.52. The van der Waals surface area contributed by atoms with E-state index < -0.39 is 23.3 Å². The molecule has 0 saturated heterocycles. The van der Waals surface area contributed by atoms with Crippen LogP contribution in [0.4, 0.5) is 17.6 Å². The molecule has 36 heavy (non-hydrogen) atoms. The molecule has 10 heteroatoms. The van der Waals surface area contributed by atoms with Crippen LogP contribution in [-0.2, 0) is 0 Å². The summed E-state index contributed by atoms with van der Waals surface area (Å²) in [6.45, 7) is 0. The lowest BCUT2D eigenvalue weighted by Gasteiger charge is -1.93. The molecule has 6 heterocycles. The van der Waals surface area contributed by atoms with E-state index in [1.165, 1.54) is 42.8 Å². The zero-order valence-electron chi connectivity index (χ0n) is 17.6. The minimum atomic E-state index is -0.805. The lowest BCUT2D eigenvalue weighted by atomic mass is 10.1. The predicted molar refractivity (Wildman–Crippen MR) is 152 cm³/mol. The van der Waals surface area contributed by atoms with E-state index in [0.29, 0.717) is 9.75 Å². The van der Waals surface area contributed by atoms with Gasteiger partial charge in [0.05, 0.1) is 19.2 Å². The van der Waals surface area contributed by atoms with E-state index >= 15 is 0 Å². The average Bonchev–Trinajstić information content (AvgIpc) is 3.68. The molecule has 8 rings (SSSR count). The third-order valence-corrected chi connectivity index (χ3v) is 13.1. The molecule has 0 spiro atoms. The van der Waals surface area contributed by atoms with Crippen LogP contribution < -0.4 is 0 Å². The maximum atomic E-state index is 14.2. The Bertz CT molecular complexity index is 2010. The first kappa shape index (κ1) is 21.7. The van der Waals surface area contributed by atoms with Crippen LogP contribution in [-0.4, -0.2) is 0 Å². The van der Waals surface area contributed by atoms with Crippen molar-refractivity contribution >= 4 is 118 Å². The number of halogens is 4. The lowest BCUT2D eigenvalue weighted by molar-refractivity contribution is 0.518. The zero-order valence-corrected chi connectivity index (χ0v) is 22.5. The minimum absolute atomic E-state index is 0.341. The summed E-state index contributed by atoms with van der Waals surface area (Å²) in [6.07, 6.45) is 0. The van der Waals surface area contributed by atoms with Crippen molar-refractivity contribution in [3.63, 3.8) is 0 Å². The number of fused-ring (bicyclic) bond motifs is 7. The summed E-state index contributed by atoms with van der Waals surface area (Å²) >= 11 is 8.57. The van der Waals surface area contributed by atoms with Crippen molar-refractivity contribution in [2.24, 2.45) is 0 Å². The van der Waals surface area contributed by atoms with Gasteiger partial charge >= 0.3 is 0 Å². The summed E-state index contributed by atoms with van der Waals surface area (Å²) < 4.78 is 62.2. The molecule has 0 radical (unpaired) electrons. The van der Waals surface area contributed by atoms with E-state index in [0.717, 1.165) is 72.8 Å². The van der Waals surface area contributed by atoms with Crippen molar-refractivity contribution in [3.05, 3.63) is 70.4 Å².